The lowest BCUT2D eigenvalue weighted by molar-refractivity contribution is 0.122. The van der Waals surface area contributed by atoms with Crippen molar-refractivity contribution in [2.45, 2.75) is 25.3 Å². The van der Waals surface area contributed by atoms with E-state index in [1.165, 1.54) is 18.4 Å². The van der Waals surface area contributed by atoms with Gasteiger partial charge in [0.05, 0.1) is 13.2 Å². The lowest BCUT2D eigenvalue weighted by Gasteiger charge is -2.31. The summed E-state index contributed by atoms with van der Waals surface area (Å²) >= 11 is 1.75. The number of rotatable bonds is 4. The van der Waals surface area contributed by atoms with Gasteiger partial charge < -0.3 is 19.5 Å². The van der Waals surface area contributed by atoms with Crippen LogP contribution in [-0.4, -0.2) is 43.9 Å². The molecule has 0 aromatic carbocycles. The Balaban J connectivity index is 1.58. The monoisotopic (exact) mass is 345 g/mol. The van der Waals surface area contributed by atoms with Crippen molar-refractivity contribution in [3.8, 4) is 0 Å². The Hall–Kier alpha value is -1.79. The van der Waals surface area contributed by atoms with Gasteiger partial charge in [-0.05, 0) is 41.7 Å². The largest absolute Gasteiger partial charge is 0.378 e. The van der Waals surface area contributed by atoms with Crippen molar-refractivity contribution in [1.82, 2.24) is 4.98 Å². The van der Waals surface area contributed by atoms with Crippen molar-refractivity contribution in [3.63, 3.8) is 0 Å². The van der Waals surface area contributed by atoms with Gasteiger partial charge in [0, 0.05) is 43.5 Å². The molecule has 0 bridgehead atoms. The van der Waals surface area contributed by atoms with E-state index < -0.39 is 0 Å². The van der Waals surface area contributed by atoms with Crippen LogP contribution in [0.15, 0.2) is 33.8 Å². The molecule has 128 valence electrons. The fourth-order valence-electron chi connectivity index (χ4n) is 3.72. The number of thiophene rings is 1. The van der Waals surface area contributed by atoms with E-state index in [1.54, 1.807) is 17.4 Å². The predicted octanol–water partition coefficient (Wildman–Crippen LogP) is 2.48. The molecule has 2 aliphatic rings. The fraction of sp³-hybridized carbons (Fsp3) is 0.500. The van der Waals surface area contributed by atoms with Gasteiger partial charge >= 0.3 is 0 Å². The van der Waals surface area contributed by atoms with Crippen LogP contribution in [0, 0.1) is 0 Å². The third kappa shape index (κ3) is 3.35. The summed E-state index contributed by atoms with van der Waals surface area (Å²) < 4.78 is 5.42. The first-order chi connectivity index (χ1) is 11.8. The molecule has 6 heteroatoms. The van der Waals surface area contributed by atoms with Crippen molar-refractivity contribution in [2.75, 3.05) is 42.6 Å². The molecule has 2 aromatic heterocycles. The minimum atomic E-state index is -0.0184. The Morgan fingerprint density at radius 3 is 2.92 bits per heavy atom. The molecule has 5 nitrogen and oxygen atoms in total. The van der Waals surface area contributed by atoms with Crippen LogP contribution in [0.1, 0.15) is 18.4 Å². The molecule has 0 unspecified atom stereocenters. The SMILES string of the molecule is O=c1cc(N2CCOCC2)cc(N2CCC[C@H]2Cc2ccsc2)[nH]1. The molecule has 4 rings (SSSR count). The second kappa shape index (κ2) is 6.99. The Kier molecular flexibility index (Phi) is 4.58. The molecule has 2 aliphatic heterocycles. The number of hydrogen-bond acceptors (Lipinski definition) is 5. The maximum Gasteiger partial charge on any atom is 0.251 e. The number of hydrogen-bond donors (Lipinski definition) is 1. The highest BCUT2D eigenvalue weighted by Crippen LogP contribution is 2.28. The molecule has 2 saturated heterocycles. The highest BCUT2D eigenvalue weighted by molar-refractivity contribution is 7.07. The first-order valence-corrected chi connectivity index (χ1v) is 9.59. The summed E-state index contributed by atoms with van der Waals surface area (Å²) in [6, 6.07) is 6.51. The van der Waals surface area contributed by atoms with Crippen LogP contribution in [0.25, 0.3) is 0 Å². The van der Waals surface area contributed by atoms with Gasteiger partial charge in [-0.15, -0.1) is 0 Å². The van der Waals surface area contributed by atoms with E-state index in [9.17, 15) is 4.79 Å². The van der Waals surface area contributed by atoms with E-state index in [1.807, 2.05) is 0 Å². The predicted molar refractivity (Wildman–Crippen MR) is 98.5 cm³/mol. The van der Waals surface area contributed by atoms with Crippen LogP contribution >= 0.6 is 11.3 Å². The topological polar surface area (TPSA) is 48.6 Å². The molecule has 0 spiro atoms. The van der Waals surface area contributed by atoms with E-state index >= 15 is 0 Å². The quantitative estimate of drug-likeness (QED) is 0.925. The number of H-pyrrole nitrogens is 1. The Bertz CT molecular complexity index is 722. The third-order valence-electron chi connectivity index (χ3n) is 4.93. The summed E-state index contributed by atoms with van der Waals surface area (Å²) in [5.41, 5.74) is 2.39. The molecule has 4 heterocycles. The van der Waals surface area contributed by atoms with Gasteiger partial charge in [0.15, 0.2) is 0 Å². The first-order valence-electron chi connectivity index (χ1n) is 8.64. The van der Waals surface area contributed by atoms with Crippen molar-refractivity contribution in [1.29, 1.82) is 0 Å². The average Bonchev–Trinajstić information content (AvgIpc) is 3.27. The zero-order valence-corrected chi connectivity index (χ0v) is 14.6. The van der Waals surface area contributed by atoms with Crippen molar-refractivity contribution >= 4 is 22.8 Å². The molecule has 0 saturated carbocycles. The summed E-state index contributed by atoms with van der Waals surface area (Å²) in [6.45, 7) is 4.17. The molecule has 0 aliphatic carbocycles. The highest BCUT2D eigenvalue weighted by atomic mass is 32.1. The number of aromatic amines is 1. The van der Waals surface area contributed by atoms with Crippen molar-refractivity contribution in [2.24, 2.45) is 0 Å². The molecule has 1 N–H and O–H groups in total. The molecular formula is C18H23N3O2S. The van der Waals surface area contributed by atoms with Gasteiger partial charge in [-0.2, -0.15) is 11.3 Å². The van der Waals surface area contributed by atoms with E-state index in [4.69, 9.17) is 4.74 Å². The summed E-state index contributed by atoms with van der Waals surface area (Å²) in [6.07, 6.45) is 3.41. The Labute approximate surface area is 145 Å². The number of ether oxygens (including phenoxy) is 1. The van der Waals surface area contributed by atoms with Gasteiger partial charge in [0.1, 0.15) is 5.82 Å². The first kappa shape index (κ1) is 15.7. The average molecular weight is 345 g/mol. The van der Waals surface area contributed by atoms with E-state index in [0.717, 1.165) is 50.8 Å². The molecular weight excluding hydrogens is 322 g/mol. The fourth-order valence-corrected chi connectivity index (χ4v) is 4.40. The van der Waals surface area contributed by atoms with Crippen LogP contribution in [0.4, 0.5) is 11.5 Å². The number of morpholine rings is 1. The standard InChI is InChI=1S/C18H23N3O2S/c22-18-12-16(20-5-7-23-8-6-20)11-17(19-18)21-4-1-2-15(21)10-14-3-9-24-13-14/h3,9,11-13,15H,1-2,4-8,10H2,(H,19,22)/t15-/m0/s1. The Morgan fingerprint density at radius 1 is 1.25 bits per heavy atom. The van der Waals surface area contributed by atoms with Crippen LogP contribution in [0.5, 0.6) is 0 Å². The third-order valence-corrected chi connectivity index (χ3v) is 5.66. The van der Waals surface area contributed by atoms with Crippen LogP contribution < -0.4 is 15.4 Å². The van der Waals surface area contributed by atoms with Gasteiger partial charge in [0.2, 0.25) is 0 Å². The minimum absolute atomic E-state index is 0.0184. The van der Waals surface area contributed by atoms with Gasteiger partial charge in [0.25, 0.3) is 5.56 Å². The molecule has 0 amide bonds. The van der Waals surface area contributed by atoms with E-state index in [-0.39, 0.29) is 5.56 Å². The maximum absolute atomic E-state index is 12.2. The lowest BCUT2D eigenvalue weighted by atomic mass is 10.1. The summed E-state index contributed by atoms with van der Waals surface area (Å²) in [4.78, 5) is 19.9. The lowest BCUT2D eigenvalue weighted by Crippen LogP contribution is -2.37. The zero-order chi connectivity index (χ0) is 16.4. The summed E-state index contributed by atoms with van der Waals surface area (Å²) in [5.74, 6) is 0.960. The van der Waals surface area contributed by atoms with Crippen LogP contribution in [0.3, 0.4) is 0 Å². The second-order valence-electron chi connectivity index (χ2n) is 6.51. The molecule has 2 aromatic rings. The number of anilines is 2. The normalized spacial score (nSPS) is 21.4. The maximum atomic E-state index is 12.2. The van der Waals surface area contributed by atoms with Gasteiger partial charge in [-0.3, -0.25) is 4.79 Å². The molecule has 2 fully saturated rings. The molecule has 1 atom stereocenters. The number of aromatic nitrogens is 1. The van der Waals surface area contributed by atoms with Crippen molar-refractivity contribution < 1.29 is 4.74 Å². The van der Waals surface area contributed by atoms with Crippen molar-refractivity contribution in [3.05, 3.63) is 44.9 Å². The van der Waals surface area contributed by atoms with E-state index in [2.05, 4.69) is 37.7 Å². The smallest absolute Gasteiger partial charge is 0.251 e. The minimum Gasteiger partial charge on any atom is -0.378 e. The number of nitrogens with one attached hydrogen (secondary N) is 1. The number of pyridine rings is 1. The van der Waals surface area contributed by atoms with Crippen LogP contribution in [0.2, 0.25) is 0 Å². The number of nitrogens with zero attached hydrogens (tertiary/aromatic N) is 2. The highest BCUT2D eigenvalue weighted by Gasteiger charge is 2.26. The van der Waals surface area contributed by atoms with E-state index in [0.29, 0.717) is 6.04 Å². The summed E-state index contributed by atoms with van der Waals surface area (Å²) in [7, 11) is 0. The van der Waals surface area contributed by atoms with Crippen LogP contribution in [-0.2, 0) is 11.2 Å². The second-order valence-corrected chi connectivity index (χ2v) is 7.29. The Morgan fingerprint density at radius 2 is 2.12 bits per heavy atom. The molecule has 24 heavy (non-hydrogen) atoms. The zero-order valence-electron chi connectivity index (χ0n) is 13.7. The van der Waals surface area contributed by atoms with Gasteiger partial charge in [-0.1, -0.05) is 0 Å². The van der Waals surface area contributed by atoms with Gasteiger partial charge in [-0.25, -0.2) is 0 Å². The summed E-state index contributed by atoms with van der Waals surface area (Å²) in [5, 5.41) is 4.36. The molecule has 0 radical (unpaired) electrons.